The van der Waals surface area contributed by atoms with Crippen LogP contribution in [-0.4, -0.2) is 41.7 Å². The van der Waals surface area contributed by atoms with Gasteiger partial charge in [0.1, 0.15) is 5.60 Å². The van der Waals surface area contributed by atoms with Crippen LogP contribution in [0.1, 0.15) is 12.6 Å². The van der Waals surface area contributed by atoms with Gasteiger partial charge in [-0.25, -0.2) is 4.79 Å². The summed E-state index contributed by atoms with van der Waals surface area (Å²) in [5.74, 6) is 0. The van der Waals surface area contributed by atoms with Crippen molar-refractivity contribution in [3.63, 3.8) is 0 Å². The van der Waals surface area contributed by atoms with Crippen LogP contribution in [0.5, 0.6) is 0 Å². The molecular weight excluding hydrogens is 218 g/mol. The zero-order chi connectivity index (χ0) is 12.3. The van der Waals surface area contributed by atoms with Gasteiger partial charge in [-0.15, -0.1) is 0 Å². The van der Waals surface area contributed by atoms with E-state index in [9.17, 15) is 4.79 Å². The summed E-state index contributed by atoms with van der Waals surface area (Å²) < 4.78 is 5.37. The Balaban J connectivity index is 2.02. The van der Waals surface area contributed by atoms with Gasteiger partial charge in [-0.3, -0.25) is 9.88 Å². The van der Waals surface area contributed by atoms with E-state index in [2.05, 4.69) is 10.3 Å². The van der Waals surface area contributed by atoms with Gasteiger partial charge in [-0.05, 0) is 26.1 Å². The topological polar surface area (TPSA) is 54.5 Å². The highest BCUT2D eigenvalue weighted by atomic mass is 16.6. The predicted molar refractivity (Wildman–Crippen MR) is 63.5 cm³/mol. The van der Waals surface area contributed by atoms with Gasteiger partial charge in [0.15, 0.2) is 0 Å². The third-order valence-electron chi connectivity index (χ3n) is 2.75. The second-order valence-corrected chi connectivity index (χ2v) is 4.53. The van der Waals surface area contributed by atoms with E-state index < -0.39 is 5.60 Å². The highest BCUT2D eigenvalue weighted by Crippen LogP contribution is 2.22. The molecule has 1 saturated heterocycles. The van der Waals surface area contributed by atoms with Crippen LogP contribution in [0.25, 0.3) is 0 Å². The highest BCUT2D eigenvalue weighted by molar-refractivity contribution is 5.70. The van der Waals surface area contributed by atoms with Crippen molar-refractivity contribution >= 4 is 6.09 Å². The molecule has 1 aliphatic heterocycles. The van der Waals surface area contributed by atoms with Crippen LogP contribution < -0.4 is 5.32 Å². The average Bonchev–Trinajstić information content (AvgIpc) is 2.56. The van der Waals surface area contributed by atoms with E-state index in [4.69, 9.17) is 4.74 Å². The molecule has 5 heteroatoms. The lowest BCUT2D eigenvalue weighted by molar-refractivity contribution is 0.0729. The van der Waals surface area contributed by atoms with Crippen molar-refractivity contribution in [2.24, 2.45) is 0 Å². The number of ether oxygens (including phenoxy) is 1. The van der Waals surface area contributed by atoms with E-state index in [-0.39, 0.29) is 6.09 Å². The number of cyclic esters (lactones) is 1. The highest BCUT2D eigenvalue weighted by Gasteiger charge is 2.40. The number of rotatable bonds is 4. The average molecular weight is 235 g/mol. The lowest BCUT2D eigenvalue weighted by Gasteiger charge is -2.20. The Bertz CT molecular complexity index is 396. The first-order valence-corrected chi connectivity index (χ1v) is 5.65. The van der Waals surface area contributed by atoms with Crippen molar-refractivity contribution in [1.29, 1.82) is 0 Å². The minimum Gasteiger partial charge on any atom is -0.440 e. The van der Waals surface area contributed by atoms with Crippen LogP contribution in [0.3, 0.4) is 0 Å². The molecule has 0 saturated carbocycles. The molecule has 1 amide bonds. The second-order valence-electron chi connectivity index (χ2n) is 4.53. The maximum Gasteiger partial charge on any atom is 0.410 e. The summed E-state index contributed by atoms with van der Waals surface area (Å²) in [7, 11) is 1.85. The number of hydrogen-bond donors (Lipinski definition) is 1. The molecule has 1 aliphatic rings. The van der Waals surface area contributed by atoms with Crippen molar-refractivity contribution in [1.82, 2.24) is 15.2 Å². The number of carbonyl (C=O) groups is 1. The fourth-order valence-corrected chi connectivity index (χ4v) is 2.05. The van der Waals surface area contributed by atoms with Crippen LogP contribution in [0.15, 0.2) is 24.4 Å². The third-order valence-corrected chi connectivity index (χ3v) is 2.75. The summed E-state index contributed by atoms with van der Waals surface area (Å²) in [6.45, 7) is 3.67. The molecule has 2 heterocycles. The number of pyridine rings is 1. The van der Waals surface area contributed by atoms with Gasteiger partial charge >= 0.3 is 6.09 Å². The third kappa shape index (κ3) is 2.74. The number of likely N-dealkylation sites (N-methyl/N-ethyl adjacent to an activating group) is 1. The number of nitrogens with zero attached hydrogens (tertiary/aromatic N) is 2. The molecule has 92 valence electrons. The van der Waals surface area contributed by atoms with Crippen LogP contribution >= 0.6 is 0 Å². The van der Waals surface area contributed by atoms with Crippen LogP contribution in [0.4, 0.5) is 4.79 Å². The first-order chi connectivity index (χ1) is 8.13. The maximum atomic E-state index is 11.7. The number of aromatic nitrogens is 1. The quantitative estimate of drug-likeness (QED) is 0.846. The van der Waals surface area contributed by atoms with E-state index >= 15 is 0 Å². The van der Waals surface area contributed by atoms with E-state index in [0.717, 1.165) is 5.69 Å². The van der Waals surface area contributed by atoms with Gasteiger partial charge < -0.3 is 10.1 Å². The van der Waals surface area contributed by atoms with Gasteiger partial charge in [-0.1, -0.05) is 6.07 Å². The fraction of sp³-hybridized carbons (Fsp3) is 0.500. The van der Waals surface area contributed by atoms with Crippen molar-refractivity contribution in [3.8, 4) is 0 Å². The van der Waals surface area contributed by atoms with Gasteiger partial charge in [-0.2, -0.15) is 0 Å². The van der Waals surface area contributed by atoms with E-state index in [0.29, 0.717) is 19.6 Å². The molecule has 0 aromatic carbocycles. The minimum atomic E-state index is -0.444. The van der Waals surface area contributed by atoms with Crippen molar-refractivity contribution in [2.75, 3.05) is 20.1 Å². The van der Waals surface area contributed by atoms with Gasteiger partial charge in [0.05, 0.1) is 18.8 Å². The molecule has 1 unspecified atom stereocenters. The fourth-order valence-electron chi connectivity index (χ4n) is 2.05. The van der Waals surface area contributed by atoms with E-state index in [1.165, 1.54) is 0 Å². The number of hydrogen-bond acceptors (Lipinski definition) is 4. The Morgan fingerprint density at radius 3 is 3.06 bits per heavy atom. The summed E-state index contributed by atoms with van der Waals surface area (Å²) in [4.78, 5) is 17.6. The Kier molecular flexibility index (Phi) is 3.28. The number of nitrogens with one attached hydrogen (secondary N) is 1. The summed E-state index contributed by atoms with van der Waals surface area (Å²) in [6.07, 6.45) is 1.46. The summed E-state index contributed by atoms with van der Waals surface area (Å²) in [5, 5.41) is 3.04. The molecule has 1 N–H and O–H groups in total. The molecule has 17 heavy (non-hydrogen) atoms. The Hall–Kier alpha value is -1.62. The second kappa shape index (κ2) is 4.71. The molecule has 1 atom stereocenters. The van der Waals surface area contributed by atoms with Crippen LogP contribution in [0.2, 0.25) is 0 Å². The SMILES string of the molecule is CNCC1(C)CN(Cc2ccccn2)C(=O)O1. The minimum absolute atomic E-state index is 0.270. The molecule has 0 spiro atoms. The monoisotopic (exact) mass is 235 g/mol. The molecule has 0 radical (unpaired) electrons. The molecular formula is C12H17N3O2. The van der Waals surface area contributed by atoms with Crippen molar-refractivity contribution < 1.29 is 9.53 Å². The molecule has 1 aromatic rings. The molecule has 1 fully saturated rings. The standard InChI is InChI=1S/C12H17N3O2/c1-12(8-13-2)9-15(11(16)17-12)7-10-5-3-4-6-14-10/h3-6,13H,7-9H2,1-2H3. The zero-order valence-corrected chi connectivity index (χ0v) is 10.1. The lowest BCUT2D eigenvalue weighted by Crippen LogP contribution is -2.40. The van der Waals surface area contributed by atoms with Crippen molar-refractivity contribution in [2.45, 2.75) is 19.1 Å². The Morgan fingerprint density at radius 2 is 2.41 bits per heavy atom. The van der Waals surface area contributed by atoms with Crippen LogP contribution in [-0.2, 0) is 11.3 Å². The molecule has 0 bridgehead atoms. The molecule has 1 aromatic heterocycles. The van der Waals surface area contributed by atoms with E-state index in [1.807, 2.05) is 32.2 Å². The lowest BCUT2D eigenvalue weighted by atomic mass is 10.1. The van der Waals surface area contributed by atoms with Crippen LogP contribution in [0, 0.1) is 0 Å². The maximum absolute atomic E-state index is 11.7. The molecule has 5 nitrogen and oxygen atoms in total. The Labute approximate surface area is 101 Å². The van der Waals surface area contributed by atoms with Crippen molar-refractivity contribution in [3.05, 3.63) is 30.1 Å². The number of amides is 1. The van der Waals surface area contributed by atoms with Gasteiger partial charge in [0.25, 0.3) is 0 Å². The predicted octanol–water partition coefficient (Wildman–Crippen LogP) is 1.01. The Morgan fingerprint density at radius 1 is 1.59 bits per heavy atom. The largest absolute Gasteiger partial charge is 0.440 e. The number of carbonyl (C=O) groups excluding carboxylic acids is 1. The summed E-state index contributed by atoms with van der Waals surface area (Å²) in [6, 6.07) is 5.68. The molecule has 2 rings (SSSR count). The smallest absolute Gasteiger partial charge is 0.410 e. The van der Waals surface area contributed by atoms with Gasteiger partial charge in [0.2, 0.25) is 0 Å². The summed E-state index contributed by atoms with van der Waals surface area (Å²) >= 11 is 0. The zero-order valence-electron chi connectivity index (χ0n) is 10.1. The molecule has 0 aliphatic carbocycles. The van der Waals surface area contributed by atoms with Gasteiger partial charge in [0, 0.05) is 12.7 Å². The first-order valence-electron chi connectivity index (χ1n) is 5.65. The first kappa shape index (κ1) is 11.9. The normalized spacial score (nSPS) is 23.9. The summed E-state index contributed by atoms with van der Waals surface area (Å²) in [5.41, 5.74) is 0.429. The van der Waals surface area contributed by atoms with E-state index in [1.54, 1.807) is 11.1 Å².